The molecule has 1 aromatic heterocycles. The first kappa shape index (κ1) is 19.1. The van der Waals surface area contributed by atoms with Gasteiger partial charge in [0, 0.05) is 28.7 Å². The molecule has 2 aromatic carbocycles. The number of fused-ring (bicyclic) bond motifs is 1. The quantitative estimate of drug-likeness (QED) is 0.529. The molecule has 0 aliphatic carbocycles. The molecular formula is C21H24ClN3O2. The Bertz CT molecular complexity index is 913. The number of urea groups is 1. The van der Waals surface area contributed by atoms with E-state index in [0.29, 0.717) is 19.7 Å². The summed E-state index contributed by atoms with van der Waals surface area (Å²) in [7, 11) is 0. The normalized spacial score (nSPS) is 10.8. The number of hydrogen-bond acceptors (Lipinski definition) is 2. The molecule has 3 aromatic rings. The Morgan fingerprint density at radius 3 is 2.59 bits per heavy atom. The van der Waals surface area contributed by atoms with Crippen molar-refractivity contribution in [2.24, 2.45) is 0 Å². The van der Waals surface area contributed by atoms with Crippen LogP contribution < -0.4 is 15.4 Å². The van der Waals surface area contributed by atoms with Crippen molar-refractivity contribution in [3.8, 4) is 5.75 Å². The number of carbonyl (C=O) groups is 1. The number of H-pyrrole nitrogens is 1. The maximum atomic E-state index is 11.9. The van der Waals surface area contributed by atoms with Crippen LogP contribution in [0.2, 0.25) is 5.02 Å². The molecule has 0 radical (unpaired) electrons. The third kappa shape index (κ3) is 4.95. The van der Waals surface area contributed by atoms with Crippen molar-refractivity contribution in [1.82, 2.24) is 15.6 Å². The van der Waals surface area contributed by atoms with Crippen LogP contribution in [0.5, 0.6) is 5.75 Å². The molecule has 142 valence electrons. The maximum Gasteiger partial charge on any atom is 0.314 e. The largest absolute Gasteiger partial charge is 0.492 e. The molecule has 5 nitrogen and oxygen atoms in total. The fraction of sp³-hybridized carbons (Fsp3) is 0.286. The van der Waals surface area contributed by atoms with Gasteiger partial charge in [-0.3, -0.25) is 0 Å². The molecule has 0 fully saturated rings. The Hall–Kier alpha value is -2.66. The van der Waals surface area contributed by atoms with E-state index < -0.39 is 0 Å². The predicted molar refractivity (Wildman–Crippen MR) is 110 cm³/mol. The van der Waals surface area contributed by atoms with E-state index in [1.54, 1.807) is 0 Å². The predicted octanol–water partition coefficient (Wildman–Crippen LogP) is 4.36. The van der Waals surface area contributed by atoms with Crippen LogP contribution in [0.3, 0.4) is 0 Å². The molecule has 0 bridgehead atoms. The van der Waals surface area contributed by atoms with Crippen molar-refractivity contribution < 1.29 is 9.53 Å². The number of amides is 2. The lowest BCUT2D eigenvalue weighted by molar-refractivity contribution is 0.236. The second-order valence-electron chi connectivity index (χ2n) is 6.51. The number of para-hydroxylation sites is 1. The fourth-order valence-corrected chi connectivity index (χ4v) is 3.14. The van der Waals surface area contributed by atoms with E-state index >= 15 is 0 Å². The van der Waals surface area contributed by atoms with Crippen LogP contribution in [0.15, 0.2) is 42.6 Å². The SMILES string of the molecule is Cc1cc(OCCNC(=O)NCCc2c[nH]c3ccccc23)cc(C)c1Cl. The number of hydrogen-bond donors (Lipinski definition) is 3. The lowest BCUT2D eigenvalue weighted by atomic mass is 10.1. The van der Waals surface area contributed by atoms with Gasteiger partial charge in [0.2, 0.25) is 0 Å². The summed E-state index contributed by atoms with van der Waals surface area (Å²) in [4.78, 5) is 15.1. The van der Waals surface area contributed by atoms with Crippen LogP contribution in [-0.4, -0.2) is 30.7 Å². The summed E-state index contributed by atoms with van der Waals surface area (Å²) in [5.74, 6) is 0.760. The van der Waals surface area contributed by atoms with Gasteiger partial charge in [0.1, 0.15) is 12.4 Å². The first-order valence-electron chi connectivity index (χ1n) is 9.01. The van der Waals surface area contributed by atoms with E-state index in [1.807, 2.05) is 50.4 Å². The van der Waals surface area contributed by atoms with Gasteiger partial charge in [0.15, 0.2) is 0 Å². The smallest absolute Gasteiger partial charge is 0.314 e. The summed E-state index contributed by atoms with van der Waals surface area (Å²) in [6, 6.07) is 11.8. The molecule has 0 aliphatic rings. The molecule has 6 heteroatoms. The maximum absolute atomic E-state index is 11.9. The molecule has 0 spiro atoms. The summed E-state index contributed by atoms with van der Waals surface area (Å²) in [6.07, 6.45) is 2.77. The number of aryl methyl sites for hydroxylation is 2. The highest BCUT2D eigenvalue weighted by Gasteiger charge is 2.05. The highest BCUT2D eigenvalue weighted by atomic mass is 35.5. The van der Waals surface area contributed by atoms with Crippen LogP contribution in [-0.2, 0) is 6.42 Å². The van der Waals surface area contributed by atoms with Gasteiger partial charge < -0.3 is 20.4 Å². The summed E-state index contributed by atoms with van der Waals surface area (Å²) in [5, 5.41) is 7.63. The lowest BCUT2D eigenvalue weighted by Gasteiger charge is -2.11. The van der Waals surface area contributed by atoms with Crippen LogP contribution in [0.4, 0.5) is 4.79 Å². The molecule has 0 saturated carbocycles. The van der Waals surface area contributed by atoms with E-state index in [9.17, 15) is 4.79 Å². The highest BCUT2D eigenvalue weighted by molar-refractivity contribution is 6.32. The first-order chi connectivity index (χ1) is 13.0. The number of aromatic nitrogens is 1. The van der Waals surface area contributed by atoms with E-state index in [2.05, 4.69) is 21.7 Å². The molecule has 2 amide bonds. The Balaban J connectivity index is 1.36. The van der Waals surface area contributed by atoms with Crippen molar-refractivity contribution in [3.63, 3.8) is 0 Å². The van der Waals surface area contributed by atoms with Gasteiger partial charge in [-0.05, 0) is 55.2 Å². The van der Waals surface area contributed by atoms with Crippen molar-refractivity contribution >= 4 is 28.5 Å². The van der Waals surface area contributed by atoms with Crippen molar-refractivity contribution in [1.29, 1.82) is 0 Å². The number of carbonyl (C=O) groups excluding carboxylic acids is 1. The minimum Gasteiger partial charge on any atom is -0.492 e. The second-order valence-corrected chi connectivity index (χ2v) is 6.89. The van der Waals surface area contributed by atoms with Gasteiger partial charge in [0.25, 0.3) is 0 Å². The average molecular weight is 386 g/mol. The van der Waals surface area contributed by atoms with E-state index in [4.69, 9.17) is 16.3 Å². The first-order valence-corrected chi connectivity index (χ1v) is 9.38. The zero-order valence-corrected chi connectivity index (χ0v) is 16.3. The van der Waals surface area contributed by atoms with Gasteiger partial charge >= 0.3 is 6.03 Å². The van der Waals surface area contributed by atoms with Gasteiger partial charge in [-0.25, -0.2) is 4.79 Å². The van der Waals surface area contributed by atoms with Crippen molar-refractivity contribution in [2.45, 2.75) is 20.3 Å². The van der Waals surface area contributed by atoms with Crippen LogP contribution >= 0.6 is 11.6 Å². The second kappa shape index (κ2) is 8.82. The minimum atomic E-state index is -0.193. The molecule has 3 N–H and O–H groups in total. The topological polar surface area (TPSA) is 66.2 Å². The summed E-state index contributed by atoms with van der Waals surface area (Å²) in [6.45, 7) is 5.29. The number of rotatable bonds is 7. The molecule has 3 rings (SSSR count). The van der Waals surface area contributed by atoms with E-state index in [-0.39, 0.29) is 6.03 Å². The van der Waals surface area contributed by atoms with Crippen molar-refractivity contribution in [2.75, 3.05) is 19.7 Å². The Morgan fingerprint density at radius 2 is 1.81 bits per heavy atom. The zero-order chi connectivity index (χ0) is 19.2. The highest BCUT2D eigenvalue weighted by Crippen LogP contribution is 2.25. The monoisotopic (exact) mass is 385 g/mol. The third-order valence-corrected chi connectivity index (χ3v) is 5.02. The minimum absolute atomic E-state index is 0.193. The molecule has 0 saturated heterocycles. The van der Waals surface area contributed by atoms with E-state index in [0.717, 1.165) is 33.8 Å². The zero-order valence-electron chi connectivity index (χ0n) is 15.6. The molecule has 1 heterocycles. The summed E-state index contributed by atoms with van der Waals surface area (Å²) < 4.78 is 5.68. The summed E-state index contributed by atoms with van der Waals surface area (Å²) >= 11 is 6.15. The standard InChI is InChI=1S/C21H24ClN3O2/c1-14-11-17(12-15(2)20(14)22)27-10-9-24-21(26)23-8-7-16-13-25-19-6-4-3-5-18(16)19/h3-6,11-13,25H,7-10H2,1-2H3,(H2,23,24,26). The van der Waals surface area contributed by atoms with Gasteiger partial charge in [-0.15, -0.1) is 0 Å². The molecule has 0 atom stereocenters. The number of aromatic amines is 1. The Kier molecular flexibility index (Phi) is 6.24. The molecule has 0 aliphatic heterocycles. The van der Waals surface area contributed by atoms with Crippen LogP contribution in [0.25, 0.3) is 10.9 Å². The lowest BCUT2D eigenvalue weighted by Crippen LogP contribution is -2.38. The Morgan fingerprint density at radius 1 is 1.11 bits per heavy atom. The number of nitrogens with one attached hydrogen (secondary N) is 3. The average Bonchev–Trinajstić information content (AvgIpc) is 3.06. The van der Waals surface area contributed by atoms with Crippen LogP contribution in [0.1, 0.15) is 16.7 Å². The number of halogens is 1. The fourth-order valence-electron chi connectivity index (χ4n) is 3.03. The van der Waals surface area contributed by atoms with Gasteiger partial charge in [0.05, 0.1) is 6.54 Å². The van der Waals surface area contributed by atoms with E-state index in [1.165, 1.54) is 10.9 Å². The summed E-state index contributed by atoms with van der Waals surface area (Å²) in [5.41, 5.74) is 4.27. The Labute approximate surface area is 164 Å². The van der Waals surface area contributed by atoms with Crippen molar-refractivity contribution in [3.05, 3.63) is 64.3 Å². The van der Waals surface area contributed by atoms with Crippen LogP contribution in [0, 0.1) is 13.8 Å². The molecular weight excluding hydrogens is 362 g/mol. The third-order valence-electron chi connectivity index (χ3n) is 4.42. The molecule has 0 unspecified atom stereocenters. The molecule has 27 heavy (non-hydrogen) atoms. The van der Waals surface area contributed by atoms with Gasteiger partial charge in [-0.2, -0.15) is 0 Å². The number of ether oxygens (including phenoxy) is 1. The number of benzene rings is 2. The van der Waals surface area contributed by atoms with Gasteiger partial charge in [-0.1, -0.05) is 29.8 Å².